The summed E-state index contributed by atoms with van der Waals surface area (Å²) in [5.74, 6) is -12.5. The average molecular weight is 1510 g/mol. The molecule has 0 fully saturated rings. The van der Waals surface area contributed by atoms with Gasteiger partial charge in [0.2, 0.25) is 53.2 Å². The number of aliphatic hydroxyl groups excluding tert-OH is 3. The highest BCUT2D eigenvalue weighted by Gasteiger charge is 2.38. The van der Waals surface area contributed by atoms with Crippen molar-refractivity contribution in [2.24, 2.45) is 5.73 Å². The van der Waals surface area contributed by atoms with Crippen molar-refractivity contribution < 1.29 is 78.3 Å². The van der Waals surface area contributed by atoms with Gasteiger partial charge in [-0.2, -0.15) is 0 Å². The minimum Gasteiger partial charge on any atom is -0.481 e. The van der Waals surface area contributed by atoms with E-state index < -0.39 is 152 Å². The molecule has 0 aliphatic carbocycles. The predicted octanol–water partition coefficient (Wildman–Crippen LogP) is 1.56. The minimum absolute atomic E-state index is 0.154. The van der Waals surface area contributed by atoms with Crippen LogP contribution in [0.2, 0.25) is 0 Å². The summed E-state index contributed by atoms with van der Waals surface area (Å²) >= 11 is 0. The molecule has 6 aromatic carbocycles. The topological polar surface area (TPSA) is 518 Å². The zero-order chi connectivity index (χ0) is 78.4. The smallest absolute Gasteiger partial charge is 0.326 e. The number of carboxylic acids is 2. The third-order valence-corrected chi connectivity index (χ3v) is 19.5. The molecule has 111 heavy (non-hydrogen) atoms. The van der Waals surface area contributed by atoms with E-state index in [0.29, 0.717) is 87.9 Å². The Morgan fingerprint density at radius 3 is 0.703 bits per heavy atom. The van der Waals surface area contributed by atoms with Crippen LogP contribution in [0.15, 0.2) is 183 Å². The molecule has 0 aliphatic heterocycles. The number of amides is 9. The molecule has 10 atom stereocenters. The lowest BCUT2D eigenvalue weighted by atomic mass is 9.99. The van der Waals surface area contributed by atoms with Crippen molar-refractivity contribution >= 4 is 131 Å². The fourth-order valence-electron chi connectivity index (χ4n) is 13.7. The number of aliphatic carboxylic acids is 2. The quantitative estimate of drug-likeness (QED) is 0.0265. The Labute approximate surface area is 630 Å². The molecule has 0 aliphatic rings. The number of fused-ring (bicyclic) bond motifs is 6. The van der Waals surface area contributed by atoms with Crippen molar-refractivity contribution in [3.05, 3.63) is 216 Å². The molecule has 0 radical (unpaired) electrons. The van der Waals surface area contributed by atoms with E-state index in [1.165, 1.54) is 0 Å². The molecule has 12 rings (SSSR count). The van der Waals surface area contributed by atoms with Gasteiger partial charge in [0.25, 0.3) is 0 Å². The number of nitrogens with one attached hydrogen (secondary N) is 15. The Kier molecular flexibility index (Phi) is 24.4. The number of aliphatic hydroxyl groups is 3. The second-order valence-electron chi connectivity index (χ2n) is 27.0. The van der Waals surface area contributed by atoms with Gasteiger partial charge in [0.1, 0.15) is 60.4 Å². The normalized spacial score (nSPS) is 14.2. The van der Waals surface area contributed by atoms with Gasteiger partial charge in [0.05, 0.1) is 26.2 Å². The van der Waals surface area contributed by atoms with Gasteiger partial charge in [0.15, 0.2) is 0 Å². The first-order chi connectivity index (χ1) is 53.6. The van der Waals surface area contributed by atoms with Crippen LogP contribution in [0, 0.1) is 0 Å². The van der Waals surface area contributed by atoms with Crippen LogP contribution in [-0.4, -0.2) is 201 Å². The number of rotatable bonds is 36. The Hall–Kier alpha value is -13.4. The van der Waals surface area contributed by atoms with Gasteiger partial charge >= 0.3 is 11.9 Å². The molecule has 0 unspecified atom stereocenters. The van der Waals surface area contributed by atoms with Crippen LogP contribution in [-0.2, 0) is 91.3 Å². The van der Waals surface area contributed by atoms with Crippen molar-refractivity contribution in [2.45, 2.75) is 105 Å². The van der Waals surface area contributed by atoms with Crippen LogP contribution in [0.1, 0.15) is 39.8 Å². The van der Waals surface area contributed by atoms with Gasteiger partial charge in [-0.15, -0.1) is 0 Å². The summed E-state index contributed by atoms with van der Waals surface area (Å²) < 4.78 is 0. The molecule has 0 saturated carbocycles. The number of para-hydroxylation sites is 6. The first kappa shape index (κ1) is 77.2. The van der Waals surface area contributed by atoms with Crippen LogP contribution < -0.4 is 53.6 Å². The lowest BCUT2D eigenvalue weighted by Crippen LogP contribution is -2.62. The maximum absolute atomic E-state index is 15.6. The third kappa shape index (κ3) is 18.4. The van der Waals surface area contributed by atoms with E-state index >= 15 is 24.0 Å². The van der Waals surface area contributed by atoms with Crippen LogP contribution in [0.5, 0.6) is 0 Å². The highest BCUT2D eigenvalue weighted by atomic mass is 16.4. The van der Waals surface area contributed by atoms with Gasteiger partial charge in [-0.05, 0) is 69.8 Å². The molecule has 12 aromatic rings. The first-order valence-electron chi connectivity index (χ1n) is 35.7. The number of carbonyl (C=O) groups is 11. The summed E-state index contributed by atoms with van der Waals surface area (Å²) in [4.78, 5) is 177. The second-order valence-corrected chi connectivity index (χ2v) is 27.0. The molecule has 32 heteroatoms. The number of carboxylic acid groups (broad SMARTS) is 2. The zero-order valence-electron chi connectivity index (χ0n) is 59.5. The molecule has 6 heterocycles. The number of carbonyl (C=O) groups excluding carboxylic acids is 9. The van der Waals surface area contributed by atoms with Gasteiger partial charge in [-0.1, -0.05) is 109 Å². The van der Waals surface area contributed by atoms with Crippen molar-refractivity contribution in [2.75, 3.05) is 19.8 Å². The summed E-state index contributed by atoms with van der Waals surface area (Å²) in [5, 5.41) is 78.2. The van der Waals surface area contributed by atoms with Gasteiger partial charge < -0.3 is 109 Å². The van der Waals surface area contributed by atoms with Gasteiger partial charge in [0, 0.05) is 141 Å². The van der Waals surface area contributed by atoms with E-state index in [1.807, 2.05) is 36.4 Å². The van der Waals surface area contributed by atoms with E-state index in [1.54, 1.807) is 146 Å². The molecule has 574 valence electrons. The number of nitrogens with two attached hydrogens (primary N) is 1. The Morgan fingerprint density at radius 1 is 0.270 bits per heavy atom. The number of hydrogen-bond donors (Lipinski definition) is 21. The van der Waals surface area contributed by atoms with Crippen molar-refractivity contribution in [3.8, 4) is 0 Å². The third-order valence-electron chi connectivity index (χ3n) is 19.5. The number of hydrogen-bond acceptors (Lipinski definition) is 15. The van der Waals surface area contributed by atoms with E-state index in [4.69, 9.17) is 5.73 Å². The highest BCUT2D eigenvalue weighted by molar-refractivity contribution is 6.01. The SMILES string of the molecule is N[C@@H](CO)C(=O)N[C@@H](CO)C(=O)N[C@@H](CO)C(=O)N[C@@H](Cc1c[nH]c2ccccc12)C(=O)N[C@@H](Cc1c[nH]c2ccccc12)C(=O)N[C@@H](CC(=O)O)C(=O)N[C@@H](Cc1c[nH]c2ccccc12)C(=O)N[C@@H](Cc1c[nH]c2ccccc12)C(=O)N[C@@H](Cc1c[nH]c2ccccc12)C(=O)N[C@@H](Cc1c[nH]c2ccccc12)C(=O)O. The molecule has 32 nitrogen and oxygen atoms in total. The first-order valence-corrected chi connectivity index (χ1v) is 35.7. The summed E-state index contributed by atoms with van der Waals surface area (Å²) in [5.41, 5.74) is 12.6. The van der Waals surface area contributed by atoms with Crippen LogP contribution in [0.3, 0.4) is 0 Å². The standard InChI is InChI=1S/C79H82N16O16/c80-53(38-96)70(101)94-67(39-97)78(109)95-68(40-98)77(108)91-63(28-44-35-84-57-22-10-4-16-50(44)57)73(104)88-62(27-43-34-83-56-21-9-3-15-49(43)56)74(105)92-65(31-69(99)100)76(107)90-61(26-42-33-82-55-20-8-2-14-48(42)55)72(103)87-60(25-41-32-81-54-19-7-1-13-47(41)54)71(102)89-64(29-45-36-85-58-23-11-5-17-51(45)58)75(106)93-66(79(110)111)30-46-37-86-59-24-12-6-18-52(46)59/h1-24,32-37,53,60-68,81-86,96-98H,25-31,38-40,80H2,(H,87,103)(H,88,104)(H,89,102)(H,90,107)(H,91,108)(H,92,105)(H,93,106)(H,94,101)(H,95,109)(H,99,100)(H,110,111)/t53-,60-,61-,62-,63-,64-,65-,66-,67-,68-/m0/s1. The van der Waals surface area contributed by atoms with E-state index in [9.17, 15) is 54.3 Å². The van der Waals surface area contributed by atoms with E-state index in [0.717, 1.165) is 10.9 Å². The molecule has 6 aromatic heterocycles. The Bertz CT molecular complexity index is 5440. The number of benzene rings is 6. The summed E-state index contributed by atoms with van der Waals surface area (Å²) in [6, 6.07) is 25.7. The molecule has 0 saturated heterocycles. The zero-order valence-corrected chi connectivity index (χ0v) is 59.5. The largest absolute Gasteiger partial charge is 0.481 e. The van der Waals surface area contributed by atoms with Crippen LogP contribution >= 0.6 is 0 Å². The molecule has 0 spiro atoms. The monoisotopic (exact) mass is 1510 g/mol. The van der Waals surface area contributed by atoms with Crippen molar-refractivity contribution in [3.63, 3.8) is 0 Å². The van der Waals surface area contributed by atoms with Gasteiger partial charge in [-0.3, -0.25) is 47.9 Å². The Balaban J connectivity index is 0.848. The maximum atomic E-state index is 15.6. The fraction of sp³-hybridized carbons (Fsp3) is 0.253. The average Bonchev–Trinajstić information content (AvgIpc) is 1.76. The molecule has 22 N–H and O–H groups in total. The summed E-state index contributed by atoms with van der Waals surface area (Å²) in [6.07, 6.45) is 6.97. The second kappa shape index (κ2) is 35.1. The summed E-state index contributed by atoms with van der Waals surface area (Å²) in [7, 11) is 0. The van der Waals surface area contributed by atoms with Crippen LogP contribution in [0.4, 0.5) is 0 Å². The molecule has 9 amide bonds. The number of aromatic nitrogens is 6. The number of aromatic amines is 6. The minimum atomic E-state index is -2.04. The summed E-state index contributed by atoms with van der Waals surface area (Å²) in [6.45, 7) is -2.92. The lowest BCUT2D eigenvalue weighted by molar-refractivity contribution is -0.142. The molecule has 0 bridgehead atoms. The lowest BCUT2D eigenvalue weighted by Gasteiger charge is -2.28. The van der Waals surface area contributed by atoms with Crippen LogP contribution in [0.25, 0.3) is 65.4 Å². The number of H-pyrrole nitrogens is 6. The maximum Gasteiger partial charge on any atom is 0.326 e. The molecular formula is C79H82N16O16. The highest BCUT2D eigenvalue weighted by Crippen LogP contribution is 2.27. The van der Waals surface area contributed by atoms with E-state index in [-0.39, 0.29) is 38.5 Å². The van der Waals surface area contributed by atoms with E-state index in [2.05, 4.69) is 77.8 Å². The van der Waals surface area contributed by atoms with Crippen molar-refractivity contribution in [1.29, 1.82) is 0 Å². The fourth-order valence-corrected chi connectivity index (χ4v) is 13.7. The Morgan fingerprint density at radius 2 is 0.468 bits per heavy atom. The van der Waals surface area contributed by atoms with Gasteiger partial charge in [-0.25, -0.2) is 4.79 Å². The predicted molar refractivity (Wildman–Crippen MR) is 409 cm³/mol. The molecular weight excluding hydrogens is 1430 g/mol. The van der Waals surface area contributed by atoms with Crippen molar-refractivity contribution in [1.82, 2.24) is 77.8 Å².